The van der Waals surface area contributed by atoms with Crippen molar-refractivity contribution in [3.63, 3.8) is 0 Å². The van der Waals surface area contributed by atoms with E-state index in [1.807, 2.05) is 0 Å². The molecular weight excluding hydrogens is 266 g/mol. The number of aromatic nitrogens is 2. The summed E-state index contributed by atoms with van der Waals surface area (Å²) in [6.07, 6.45) is 3.47. The summed E-state index contributed by atoms with van der Waals surface area (Å²) in [5.74, 6) is -1.10. The molecule has 1 aliphatic rings. The number of fused-ring (bicyclic) bond motifs is 1. The zero-order valence-corrected chi connectivity index (χ0v) is 10.9. The van der Waals surface area contributed by atoms with Crippen LogP contribution >= 0.6 is 11.6 Å². The van der Waals surface area contributed by atoms with Crippen molar-refractivity contribution in [2.24, 2.45) is 7.05 Å². The smallest absolute Gasteiger partial charge is 0.299 e. The van der Waals surface area contributed by atoms with Crippen molar-refractivity contribution in [3.05, 3.63) is 46.7 Å². The monoisotopic (exact) mass is 275 g/mol. The van der Waals surface area contributed by atoms with Gasteiger partial charge in [0.2, 0.25) is 0 Å². The summed E-state index contributed by atoms with van der Waals surface area (Å²) in [5, 5.41) is 4.35. The number of amides is 1. The summed E-state index contributed by atoms with van der Waals surface area (Å²) >= 11 is 5.99. The molecule has 5 nitrogen and oxygen atoms in total. The molecule has 0 radical (unpaired) electrons. The third kappa shape index (κ3) is 1.82. The third-order valence-electron chi connectivity index (χ3n) is 3.05. The van der Waals surface area contributed by atoms with Gasteiger partial charge in [0.25, 0.3) is 11.7 Å². The first kappa shape index (κ1) is 11.9. The summed E-state index contributed by atoms with van der Waals surface area (Å²) in [5.41, 5.74) is 1.71. The molecule has 2 heterocycles. The van der Waals surface area contributed by atoms with E-state index in [4.69, 9.17) is 11.6 Å². The number of nitrogens with zero attached hydrogens (tertiary/aromatic N) is 3. The van der Waals surface area contributed by atoms with Gasteiger partial charge in [0.05, 0.1) is 29.0 Å². The van der Waals surface area contributed by atoms with Crippen LogP contribution in [0.1, 0.15) is 15.9 Å². The zero-order valence-electron chi connectivity index (χ0n) is 10.1. The molecule has 0 N–H and O–H groups in total. The fraction of sp³-hybridized carbons (Fsp3) is 0.154. The Morgan fingerprint density at radius 3 is 2.79 bits per heavy atom. The van der Waals surface area contributed by atoms with Gasteiger partial charge in [-0.05, 0) is 12.1 Å². The number of aryl methyl sites for hydroxylation is 1. The first-order valence-corrected chi connectivity index (χ1v) is 6.08. The SMILES string of the molecule is Cn1cc(CN2C(=O)C(=O)c3c(Cl)cccc32)cn1. The molecule has 1 aromatic heterocycles. The third-order valence-corrected chi connectivity index (χ3v) is 3.36. The molecular formula is C13H10ClN3O2. The van der Waals surface area contributed by atoms with Crippen LogP contribution < -0.4 is 4.90 Å². The maximum Gasteiger partial charge on any atom is 0.299 e. The van der Waals surface area contributed by atoms with E-state index in [2.05, 4.69) is 5.10 Å². The summed E-state index contributed by atoms with van der Waals surface area (Å²) < 4.78 is 1.65. The highest BCUT2D eigenvalue weighted by Crippen LogP contribution is 2.34. The standard InChI is InChI=1S/C13H10ClN3O2/c1-16-6-8(5-15-16)7-17-10-4-2-3-9(14)11(10)12(18)13(17)19/h2-6H,7H2,1H3. The molecule has 19 heavy (non-hydrogen) atoms. The molecule has 96 valence electrons. The average Bonchev–Trinajstić information content (AvgIpc) is 2.88. The molecule has 2 aromatic rings. The van der Waals surface area contributed by atoms with Crippen molar-refractivity contribution in [1.29, 1.82) is 0 Å². The lowest BCUT2D eigenvalue weighted by Crippen LogP contribution is -2.28. The second kappa shape index (κ2) is 4.20. The Bertz CT molecular complexity index is 693. The highest BCUT2D eigenvalue weighted by Gasteiger charge is 2.37. The number of benzene rings is 1. The predicted octanol–water partition coefficient (Wildman–Crippen LogP) is 1.80. The van der Waals surface area contributed by atoms with E-state index in [1.165, 1.54) is 4.90 Å². The average molecular weight is 276 g/mol. The predicted molar refractivity (Wildman–Crippen MR) is 70.2 cm³/mol. The number of hydrogen-bond acceptors (Lipinski definition) is 3. The molecule has 0 fully saturated rings. The van der Waals surface area contributed by atoms with Crippen LogP contribution in [0.3, 0.4) is 0 Å². The molecule has 3 rings (SSSR count). The van der Waals surface area contributed by atoms with Gasteiger partial charge < -0.3 is 4.90 Å². The van der Waals surface area contributed by atoms with Crippen LogP contribution in [0.2, 0.25) is 5.02 Å². The summed E-state index contributed by atoms with van der Waals surface area (Å²) in [6, 6.07) is 5.06. The minimum Gasteiger partial charge on any atom is -0.300 e. The minimum absolute atomic E-state index is 0.290. The first-order valence-electron chi connectivity index (χ1n) is 5.70. The Morgan fingerprint density at radius 1 is 1.32 bits per heavy atom. The second-order valence-corrected chi connectivity index (χ2v) is 4.78. The molecule has 1 aromatic carbocycles. The van der Waals surface area contributed by atoms with Crippen molar-refractivity contribution < 1.29 is 9.59 Å². The number of ketones is 1. The Labute approximate surface area is 114 Å². The lowest BCUT2D eigenvalue weighted by molar-refractivity contribution is -0.114. The first-order chi connectivity index (χ1) is 9.08. The molecule has 1 aliphatic heterocycles. The lowest BCUT2D eigenvalue weighted by Gasteiger charge is -2.15. The molecule has 0 aliphatic carbocycles. The van der Waals surface area contributed by atoms with Crippen LogP contribution in [0.25, 0.3) is 0 Å². The van der Waals surface area contributed by atoms with Crippen molar-refractivity contribution in [2.75, 3.05) is 4.90 Å². The second-order valence-electron chi connectivity index (χ2n) is 4.38. The van der Waals surface area contributed by atoms with Crippen LogP contribution in [-0.4, -0.2) is 21.5 Å². The maximum absolute atomic E-state index is 12.0. The topological polar surface area (TPSA) is 55.2 Å². The van der Waals surface area contributed by atoms with Crippen molar-refractivity contribution in [3.8, 4) is 0 Å². The molecule has 0 spiro atoms. The molecule has 0 unspecified atom stereocenters. The fourth-order valence-electron chi connectivity index (χ4n) is 2.19. The Balaban J connectivity index is 2.02. The highest BCUT2D eigenvalue weighted by molar-refractivity contribution is 6.55. The molecule has 0 saturated heterocycles. The van der Waals surface area contributed by atoms with Crippen LogP contribution in [0.15, 0.2) is 30.6 Å². The molecule has 1 amide bonds. The van der Waals surface area contributed by atoms with E-state index in [-0.39, 0.29) is 5.56 Å². The highest BCUT2D eigenvalue weighted by atomic mass is 35.5. The fourth-order valence-corrected chi connectivity index (χ4v) is 2.45. The Morgan fingerprint density at radius 2 is 2.11 bits per heavy atom. The number of carbonyl (C=O) groups is 2. The van der Waals surface area contributed by atoms with Gasteiger partial charge in [0.15, 0.2) is 0 Å². The number of carbonyl (C=O) groups excluding carboxylic acids is 2. The summed E-state index contributed by atoms with van der Waals surface area (Å²) in [7, 11) is 1.80. The lowest BCUT2D eigenvalue weighted by atomic mass is 10.1. The largest absolute Gasteiger partial charge is 0.300 e. The van der Waals surface area contributed by atoms with Gasteiger partial charge in [0.1, 0.15) is 0 Å². The number of hydrogen-bond donors (Lipinski definition) is 0. The zero-order chi connectivity index (χ0) is 13.6. The number of rotatable bonds is 2. The number of halogens is 1. The van der Waals surface area contributed by atoms with Gasteiger partial charge in [-0.3, -0.25) is 14.3 Å². The van der Waals surface area contributed by atoms with E-state index < -0.39 is 11.7 Å². The van der Waals surface area contributed by atoms with Crippen LogP contribution in [-0.2, 0) is 18.4 Å². The van der Waals surface area contributed by atoms with Crippen molar-refractivity contribution >= 4 is 29.0 Å². The minimum atomic E-state index is -0.551. The van der Waals surface area contributed by atoms with Gasteiger partial charge >= 0.3 is 0 Å². The van der Waals surface area contributed by atoms with Gasteiger partial charge in [0, 0.05) is 18.8 Å². The van der Waals surface area contributed by atoms with E-state index in [0.717, 1.165) is 5.56 Å². The Kier molecular flexibility index (Phi) is 2.64. The van der Waals surface area contributed by atoms with Gasteiger partial charge in [-0.15, -0.1) is 0 Å². The van der Waals surface area contributed by atoms with E-state index in [0.29, 0.717) is 17.3 Å². The van der Waals surface area contributed by atoms with Crippen LogP contribution in [0.5, 0.6) is 0 Å². The molecule has 6 heteroatoms. The van der Waals surface area contributed by atoms with Gasteiger partial charge in [-0.2, -0.15) is 5.10 Å². The Hall–Kier alpha value is -2.14. The van der Waals surface area contributed by atoms with Crippen LogP contribution in [0.4, 0.5) is 5.69 Å². The van der Waals surface area contributed by atoms with Gasteiger partial charge in [-0.25, -0.2) is 0 Å². The van der Waals surface area contributed by atoms with E-state index in [9.17, 15) is 9.59 Å². The summed E-state index contributed by atoms with van der Waals surface area (Å²) in [6.45, 7) is 0.311. The summed E-state index contributed by atoms with van der Waals surface area (Å²) in [4.78, 5) is 25.4. The van der Waals surface area contributed by atoms with Crippen molar-refractivity contribution in [1.82, 2.24) is 9.78 Å². The number of anilines is 1. The molecule has 0 atom stereocenters. The quantitative estimate of drug-likeness (QED) is 0.786. The van der Waals surface area contributed by atoms with E-state index in [1.54, 1.807) is 42.3 Å². The van der Waals surface area contributed by atoms with E-state index >= 15 is 0 Å². The molecule has 0 saturated carbocycles. The van der Waals surface area contributed by atoms with Crippen molar-refractivity contribution in [2.45, 2.75) is 6.54 Å². The van der Waals surface area contributed by atoms with Gasteiger partial charge in [-0.1, -0.05) is 17.7 Å². The maximum atomic E-state index is 12.0. The normalized spacial score (nSPS) is 14.1. The van der Waals surface area contributed by atoms with Crippen LogP contribution in [0, 0.1) is 0 Å². The number of Topliss-reactive ketones (excluding diaryl/α,β-unsaturated/α-hetero) is 1. The molecule has 0 bridgehead atoms.